The highest BCUT2D eigenvalue weighted by atomic mass is 16.5. The van der Waals surface area contributed by atoms with Gasteiger partial charge in [-0.05, 0) is 13.0 Å². The molecule has 3 heteroatoms. The van der Waals surface area contributed by atoms with Crippen molar-refractivity contribution in [3.8, 4) is 24.2 Å². The van der Waals surface area contributed by atoms with Gasteiger partial charge in [-0.25, -0.2) is 0 Å². The van der Waals surface area contributed by atoms with Crippen molar-refractivity contribution in [2.24, 2.45) is 0 Å². The zero-order valence-electron chi connectivity index (χ0n) is 10.6. The molecule has 18 heavy (non-hydrogen) atoms. The Hall–Kier alpha value is -1.97. The van der Waals surface area contributed by atoms with Crippen LogP contribution in [0.25, 0.3) is 0 Å². The number of terminal acetylenes is 1. The smallest absolute Gasteiger partial charge is 0.306 e. The van der Waals surface area contributed by atoms with Crippen molar-refractivity contribution in [3.63, 3.8) is 0 Å². The summed E-state index contributed by atoms with van der Waals surface area (Å²) in [7, 11) is 0. The van der Waals surface area contributed by atoms with Crippen LogP contribution in [0, 0.1) is 24.2 Å². The minimum Gasteiger partial charge on any atom is -0.466 e. The van der Waals surface area contributed by atoms with Crippen molar-refractivity contribution in [1.29, 1.82) is 0 Å². The molecule has 0 saturated carbocycles. The molecule has 0 aliphatic heterocycles. The molecule has 0 aromatic rings. The molecular formula is C15H18O3. The Morgan fingerprint density at radius 3 is 2.94 bits per heavy atom. The van der Waals surface area contributed by atoms with Gasteiger partial charge < -0.3 is 9.84 Å². The van der Waals surface area contributed by atoms with Crippen molar-refractivity contribution in [2.75, 3.05) is 6.61 Å². The average Bonchev–Trinajstić information content (AvgIpc) is 2.33. The van der Waals surface area contributed by atoms with E-state index in [4.69, 9.17) is 11.2 Å². The van der Waals surface area contributed by atoms with Crippen LogP contribution in [0.4, 0.5) is 0 Å². The fraction of sp³-hybridized carbons (Fsp3) is 0.400. The van der Waals surface area contributed by atoms with Crippen molar-refractivity contribution in [2.45, 2.75) is 32.3 Å². The number of hydrogen-bond acceptors (Lipinski definition) is 3. The number of carbonyl (C=O) groups excluding carboxylic acids is 1. The fourth-order valence-electron chi connectivity index (χ4n) is 1.01. The fourth-order valence-corrected chi connectivity index (χ4v) is 1.01. The summed E-state index contributed by atoms with van der Waals surface area (Å²) in [4.78, 5) is 11.0. The standard InChI is InChI=1S/C15H18O3/c1-3-11-14(16)12-9-7-5-6-8-10-13-15(17)18-4-2/h1,5,7,9,12,14,16H,4,10-11,13H2,2H3/t14-/m1/s1. The monoisotopic (exact) mass is 246 g/mol. The first kappa shape index (κ1) is 16.0. The molecule has 0 radical (unpaired) electrons. The average molecular weight is 246 g/mol. The summed E-state index contributed by atoms with van der Waals surface area (Å²) >= 11 is 0. The lowest BCUT2D eigenvalue weighted by molar-refractivity contribution is -0.142. The lowest BCUT2D eigenvalue weighted by Crippen LogP contribution is -2.02. The first-order valence-corrected chi connectivity index (χ1v) is 5.79. The van der Waals surface area contributed by atoms with E-state index in [-0.39, 0.29) is 5.97 Å². The zero-order valence-corrected chi connectivity index (χ0v) is 10.6. The highest BCUT2D eigenvalue weighted by Gasteiger charge is 1.97. The zero-order chi connectivity index (χ0) is 13.6. The maximum atomic E-state index is 11.0. The topological polar surface area (TPSA) is 46.5 Å². The number of aliphatic hydroxyl groups is 1. The third kappa shape index (κ3) is 10.5. The molecule has 0 unspecified atom stereocenters. The second-order valence-corrected chi connectivity index (χ2v) is 3.35. The van der Waals surface area contributed by atoms with Crippen LogP contribution in [0.1, 0.15) is 26.2 Å². The maximum Gasteiger partial charge on any atom is 0.306 e. The van der Waals surface area contributed by atoms with Crippen molar-refractivity contribution in [3.05, 3.63) is 24.3 Å². The van der Waals surface area contributed by atoms with E-state index in [0.717, 1.165) is 0 Å². The van der Waals surface area contributed by atoms with Crippen molar-refractivity contribution in [1.82, 2.24) is 0 Å². The first-order valence-electron chi connectivity index (χ1n) is 5.79. The third-order valence-corrected chi connectivity index (χ3v) is 1.81. The molecule has 0 aliphatic rings. The number of allylic oxidation sites excluding steroid dienone is 3. The van der Waals surface area contributed by atoms with E-state index < -0.39 is 6.10 Å². The molecule has 96 valence electrons. The van der Waals surface area contributed by atoms with E-state index >= 15 is 0 Å². The van der Waals surface area contributed by atoms with Gasteiger partial charge in [0.2, 0.25) is 0 Å². The van der Waals surface area contributed by atoms with E-state index in [9.17, 15) is 9.90 Å². The second kappa shape index (κ2) is 11.5. The predicted octanol–water partition coefficient (Wildman–Crippen LogP) is 1.83. The van der Waals surface area contributed by atoms with Crippen LogP contribution in [-0.4, -0.2) is 23.8 Å². The van der Waals surface area contributed by atoms with Gasteiger partial charge in [0.05, 0.1) is 19.1 Å². The van der Waals surface area contributed by atoms with Gasteiger partial charge in [0.15, 0.2) is 0 Å². The normalized spacial score (nSPS) is 11.8. The quantitative estimate of drug-likeness (QED) is 0.442. The van der Waals surface area contributed by atoms with Crippen LogP contribution in [0.15, 0.2) is 24.3 Å². The lowest BCUT2D eigenvalue weighted by Gasteiger charge is -1.96. The minimum absolute atomic E-state index is 0.229. The van der Waals surface area contributed by atoms with E-state index in [1.807, 2.05) is 0 Å². The number of esters is 1. The van der Waals surface area contributed by atoms with Crippen LogP contribution >= 0.6 is 0 Å². The maximum absolute atomic E-state index is 11.0. The van der Waals surface area contributed by atoms with Gasteiger partial charge in [0, 0.05) is 12.8 Å². The molecule has 0 bridgehead atoms. The van der Waals surface area contributed by atoms with Crippen LogP contribution in [0.5, 0.6) is 0 Å². The SMILES string of the molecule is C#CC[C@@H](O)C=CC=CC#CCCC(=O)OCC. The summed E-state index contributed by atoms with van der Waals surface area (Å²) in [5.41, 5.74) is 0. The molecular weight excluding hydrogens is 228 g/mol. The van der Waals surface area contributed by atoms with E-state index in [0.29, 0.717) is 25.9 Å². The van der Waals surface area contributed by atoms with Crippen molar-refractivity contribution < 1.29 is 14.6 Å². The van der Waals surface area contributed by atoms with Crippen LogP contribution in [0.2, 0.25) is 0 Å². The third-order valence-electron chi connectivity index (χ3n) is 1.81. The van der Waals surface area contributed by atoms with Crippen molar-refractivity contribution >= 4 is 5.97 Å². The Labute approximate surface area is 109 Å². The molecule has 0 aromatic carbocycles. The largest absolute Gasteiger partial charge is 0.466 e. The summed E-state index contributed by atoms with van der Waals surface area (Å²) in [5, 5.41) is 9.25. The highest BCUT2D eigenvalue weighted by Crippen LogP contribution is 1.92. The summed E-state index contributed by atoms with van der Waals surface area (Å²) in [5.74, 6) is 7.73. The molecule has 0 spiro atoms. The molecule has 0 heterocycles. The predicted molar refractivity (Wildman–Crippen MR) is 71.4 cm³/mol. The second-order valence-electron chi connectivity index (χ2n) is 3.35. The van der Waals surface area contributed by atoms with Gasteiger partial charge in [0.25, 0.3) is 0 Å². The Bertz CT molecular complexity index is 388. The van der Waals surface area contributed by atoms with Crippen LogP contribution in [0.3, 0.4) is 0 Å². The molecule has 3 nitrogen and oxygen atoms in total. The molecule has 0 amide bonds. The van der Waals surface area contributed by atoms with Gasteiger partial charge >= 0.3 is 5.97 Å². The summed E-state index contributed by atoms with van der Waals surface area (Å²) in [6.45, 7) is 2.17. The first-order chi connectivity index (χ1) is 8.70. The highest BCUT2D eigenvalue weighted by molar-refractivity contribution is 5.69. The van der Waals surface area contributed by atoms with Gasteiger partial charge in [-0.3, -0.25) is 4.79 Å². The molecule has 0 rings (SSSR count). The number of aliphatic hydroxyl groups excluding tert-OH is 1. The summed E-state index contributed by atoms with van der Waals surface area (Å²) < 4.78 is 4.76. The van der Waals surface area contributed by atoms with Gasteiger partial charge in [-0.1, -0.05) is 30.1 Å². The number of hydrogen-bond donors (Lipinski definition) is 1. The molecule has 0 fully saturated rings. The molecule has 0 saturated heterocycles. The molecule has 1 atom stereocenters. The number of rotatable bonds is 6. The summed E-state index contributed by atoms with van der Waals surface area (Å²) in [6, 6.07) is 0. The summed E-state index contributed by atoms with van der Waals surface area (Å²) in [6.07, 6.45) is 12.1. The van der Waals surface area contributed by atoms with Gasteiger partial charge in [-0.2, -0.15) is 0 Å². The Balaban J connectivity index is 3.77. The van der Waals surface area contributed by atoms with E-state index in [1.54, 1.807) is 31.2 Å². The molecule has 1 N–H and O–H groups in total. The Morgan fingerprint density at radius 1 is 1.50 bits per heavy atom. The number of carbonyl (C=O) groups is 1. The Morgan fingerprint density at radius 2 is 2.28 bits per heavy atom. The van der Waals surface area contributed by atoms with E-state index in [1.165, 1.54) is 0 Å². The van der Waals surface area contributed by atoms with Crippen LogP contribution in [-0.2, 0) is 9.53 Å². The molecule has 0 aliphatic carbocycles. The van der Waals surface area contributed by atoms with Crippen LogP contribution < -0.4 is 0 Å². The van der Waals surface area contributed by atoms with Gasteiger partial charge in [-0.15, -0.1) is 12.3 Å². The Kier molecular flexibility index (Phi) is 10.3. The minimum atomic E-state index is -0.614. The molecule has 0 aromatic heterocycles. The van der Waals surface area contributed by atoms with Gasteiger partial charge in [0.1, 0.15) is 0 Å². The number of ether oxygens (including phenoxy) is 1. The van der Waals surface area contributed by atoms with E-state index in [2.05, 4.69) is 17.8 Å². The lowest BCUT2D eigenvalue weighted by atomic mass is 10.2.